The predicted octanol–water partition coefficient (Wildman–Crippen LogP) is 28.0. The van der Waals surface area contributed by atoms with Crippen molar-refractivity contribution in [2.75, 3.05) is 39.6 Å². The van der Waals surface area contributed by atoms with Crippen LogP contribution in [0.5, 0.6) is 0 Å². The number of ether oxygens (including phenoxy) is 3. The van der Waals surface area contributed by atoms with Crippen LogP contribution in [-0.2, 0) is 55.8 Å². The number of unbranched alkanes of at least 4 members (excludes halogenated alkanes) is 44. The molecule has 0 heterocycles. The van der Waals surface area contributed by atoms with E-state index in [1.165, 1.54) is 218 Å². The minimum atomic E-state index is -4.93. The summed E-state index contributed by atoms with van der Waals surface area (Å²) in [6.07, 6.45) is 107. The molecule has 4 N–H and O–H groups in total. The molecule has 18 heteroatoms. The summed E-state index contributed by atoms with van der Waals surface area (Å²) in [5, 5.41) is 20.7. The third-order valence-corrected chi connectivity index (χ3v) is 21.6. The standard InChI is InChI=1S/C95H168O16P2/c1-4-7-10-13-16-19-22-24-26-28-30-32-34-36-38-40-42-44-46-48-50-52-54-56-58-60-62-64-67-69-72-75-78-81-93(98)105-84-90(96)85-107-112(101,102)108-86-91(97)87-109-113(103,104)110-89-92(111-95(100)83-80-77-74-71-66-21-18-15-12-9-6-3)88-106-94(99)82-79-76-73-70-68-65-63-61-59-57-55-53-51-49-47-45-43-41-39-37-35-33-31-29-27-25-23-20-17-14-11-8-5-2/h7-8,10-11,16-17,19-20,24-27,30-33,36-39,90-92,96-97H,4-6,9,12-15,18,21-23,28-29,34-35,40-89H2,1-3H3,(H,101,102)(H,103,104)/b10-7-,11-8-,19-16-,20-17-,26-24-,27-25-,32-30-,33-31-,38-36-,39-37-. The number of carbonyl (C=O) groups excluding carboxylic acids is 3. The van der Waals surface area contributed by atoms with Crippen LogP contribution in [0.1, 0.15) is 406 Å². The van der Waals surface area contributed by atoms with Gasteiger partial charge in [-0.25, -0.2) is 9.13 Å². The molecule has 0 fully saturated rings. The quantitative estimate of drug-likeness (QED) is 0.0146. The first-order chi connectivity index (χ1) is 55.2. The second-order valence-electron chi connectivity index (χ2n) is 30.7. The second-order valence-corrected chi connectivity index (χ2v) is 33.6. The van der Waals surface area contributed by atoms with Crippen LogP contribution in [0.4, 0.5) is 0 Å². The molecule has 0 saturated heterocycles. The number of phosphoric ester groups is 2. The van der Waals surface area contributed by atoms with E-state index in [1.807, 2.05) is 0 Å². The molecule has 0 aromatic heterocycles. The van der Waals surface area contributed by atoms with E-state index >= 15 is 0 Å². The monoisotopic (exact) mass is 1630 g/mol. The maximum atomic E-state index is 13.0. The van der Waals surface area contributed by atoms with Gasteiger partial charge in [0.25, 0.3) is 0 Å². The lowest BCUT2D eigenvalue weighted by atomic mass is 10.0. The maximum Gasteiger partial charge on any atom is 0.472 e. The van der Waals surface area contributed by atoms with E-state index in [0.717, 1.165) is 128 Å². The molecule has 0 aromatic rings. The van der Waals surface area contributed by atoms with Gasteiger partial charge in [0.2, 0.25) is 0 Å². The lowest BCUT2D eigenvalue weighted by Crippen LogP contribution is -2.30. The SMILES string of the molecule is CC/C=C\C/C=C\C/C=C\C/C=C\C/C=C\CCCCCCCCCCCCCCCCCCCC(=O)OCC(O)COP(=O)(O)OCC(O)COP(=O)(O)OCC(COC(=O)CCCCCCCCCCCCCCCCCCC/C=C\C/C=C\C/C=C\C/C=C\C/C=C\CC)OC(=O)CCCCCCCCCCCCC. The van der Waals surface area contributed by atoms with Gasteiger partial charge >= 0.3 is 33.6 Å². The average molecular weight is 1630 g/mol. The third-order valence-electron chi connectivity index (χ3n) is 19.7. The summed E-state index contributed by atoms with van der Waals surface area (Å²) in [7, 11) is -9.78. The van der Waals surface area contributed by atoms with Crippen molar-refractivity contribution in [3.63, 3.8) is 0 Å². The number of allylic oxidation sites excluding steroid dienone is 20. The lowest BCUT2D eigenvalue weighted by molar-refractivity contribution is -0.161. The van der Waals surface area contributed by atoms with Crippen molar-refractivity contribution in [1.29, 1.82) is 0 Å². The Balaban J connectivity index is 4.32. The fraction of sp³-hybridized carbons (Fsp3) is 0.758. The first kappa shape index (κ1) is 109. The predicted molar refractivity (Wildman–Crippen MR) is 473 cm³/mol. The summed E-state index contributed by atoms with van der Waals surface area (Å²) in [5.41, 5.74) is 0. The highest BCUT2D eigenvalue weighted by molar-refractivity contribution is 7.47. The molecule has 0 saturated carbocycles. The van der Waals surface area contributed by atoms with E-state index in [0.29, 0.717) is 19.3 Å². The molecule has 0 rings (SSSR count). The highest BCUT2D eigenvalue weighted by atomic mass is 31.2. The zero-order chi connectivity index (χ0) is 82.2. The van der Waals surface area contributed by atoms with E-state index in [-0.39, 0.29) is 19.3 Å². The fourth-order valence-corrected chi connectivity index (χ4v) is 14.4. The summed E-state index contributed by atoms with van der Waals surface area (Å²) in [6, 6.07) is 0. The molecule has 0 aromatic carbocycles. The Labute approximate surface area is 691 Å². The molecule has 0 aliphatic heterocycles. The highest BCUT2D eigenvalue weighted by Gasteiger charge is 2.29. The van der Waals surface area contributed by atoms with Crippen molar-refractivity contribution in [2.45, 2.75) is 424 Å². The van der Waals surface area contributed by atoms with Crippen molar-refractivity contribution in [1.82, 2.24) is 0 Å². The molecule has 654 valence electrons. The van der Waals surface area contributed by atoms with Crippen LogP contribution in [0.15, 0.2) is 122 Å². The molecule has 5 atom stereocenters. The maximum absolute atomic E-state index is 13.0. The molecule has 113 heavy (non-hydrogen) atoms. The van der Waals surface area contributed by atoms with Crippen LogP contribution >= 0.6 is 15.6 Å². The molecular formula is C95H168O16P2. The summed E-state index contributed by atoms with van der Waals surface area (Å²) in [6.45, 7) is 2.51. The largest absolute Gasteiger partial charge is 0.472 e. The molecule has 5 unspecified atom stereocenters. The minimum absolute atomic E-state index is 0.109. The Bertz CT molecular complexity index is 2540. The zero-order valence-corrected chi connectivity index (χ0v) is 73.8. The van der Waals surface area contributed by atoms with Crippen molar-refractivity contribution in [3.8, 4) is 0 Å². The molecule has 0 aliphatic rings. The van der Waals surface area contributed by atoms with Gasteiger partial charge in [-0.3, -0.25) is 32.5 Å². The number of hydrogen-bond acceptors (Lipinski definition) is 14. The molecule has 0 bridgehead atoms. The second kappa shape index (κ2) is 87.3. The molecule has 0 amide bonds. The number of esters is 3. The van der Waals surface area contributed by atoms with Gasteiger partial charge in [0.1, 0.15) is 25.4 Å². The first-order valence-corrected chi connectivity index (χ1v) is 48.8. The van der Waals surface area contributed by atoms with Crippen molar-refractivity contribution >= 4 is 33.6 Å². The van der Waals surface area contributed by atoms with Gasteiger partial charge < -0.3 is 34.2 Å². The fourth-order valence-electron chi connectivity index (χ4n) is 12.8. The Morgan fingerprint density at radius 1 is 0.257 bits per heavy atom. The van der Waals surface area contributed by atoms with Crippen LogP contribution in [0.2, 0.25) is 0 Å². The summed E-state index contributed by atoms with van der Waals surface area (Å²) >= 11 is 0. The van der Waals surface area contributed by atoms with Gasteiger partial charge in [0.05, 0.1) is 26.4 Å². The van der Waals surface area contributed by atoms with E-state index in [1.54, 1.807) is 0 Å². The van der Waals surface area contributed by atoms with E-state index in [2.05, 4.69) is 142 Å². The van der Waals surface area contributed by atoms with Gasteiger partial charge in [0.15, 0.2) is 6.10 Å². The highest BCUT2D eigenvalue weighted by Crippen LogP contribution is 2.45. The number of aliphatic hydroxyl groups is 2. The minimum Gasteiger partial charge on any atom is -0.463 e. The Hall–Kier alpha value is -4.05. The summed E-state index contributed by atoms with van der Waals surface area (Å²) in [4.78, 5) is 58.8. The van der Waals surface area contributed by atoms with Crippen LogP contribution in [0.25, 0.3) is 0 Å². The molecule has 0 spiro atoms. The van der Waals surface area contributed by atoms with E-state index in [9.17, 15) is 43.5 Å². The smallest absolute Gasteiger partial charge is 0.463 e. The lowest BCUT2D eigenvalue weighted by Gasteiger charge is -2.21. The number of phosphoric acid groups is 2. The normalized spacial score (nSPS) is 14.4. The van der Waals surface area contributed by atoms with Crippen molar-refractivity contribution in [2.24, 2.45) is 0 Å². The van der Waals surface area contributed by atoms with Gasteiger partial charge in [-0.2, -0.15) is 0 Å². The van der Waals surface area contributed by atoms with E-state index < -0.39 is 91.5 Å². The first-order valence-electron chi connectivity index (χ1n) is 45.8. The van der Waals surface area contributed by atoms with Crippen LogP contribution in [0, 0.1) is 0 Å². The Kier molecular flexibility index (Phi) is 84.1. The summed E-state index contributed by atoms with van der Waals surface area (Å²) in [5.74, 6) is -1.55. The third kappa shape index (κ3) is 88.6. The Morgan fingerprint density at radius 2 is 0.469 bits per heavy atom. The molecule has 16 nitrogen and oxygen atoms in total. The van der Waals surface area contributed by atoms with Crippen LogP contribution < -0.4 is 0 Å². The number of aliphatic hydroxyl groups excluding tert-OH is 2. The number of carbonyl (C=O) groups is 3. The zero-order valence-electron chi connectivity index (χ0n) is 72.0. The van der Waals surface area contributed by atoms with Crippen molar-refractivity contribution in [3.05, 3.63) is 122 Å². The topological polar surface area (TPSA) is 231 Å². The number of rotatable bonds is 87. The van der Waals surface area contributed by atoms with Crippen molar-refractivity contribution < 1.29 is 75.8 Å². The van der Waals surface area contributed by atoms with E-state index in [4.69, 9.17) is 32.3 Å². The number of hydrogen-bond donors (Lipinski definition) is 4. The van der Waals surface area contributed by atoms with Gasteiger partial charge in [-0.15, -0.1) is 0 Å². The van der Waals surface area contributed by atoms with Crippen LogP contribution in [0.3, 0.4) is 0 Å². The summed E-state index contributed by atoms with van der Waals surface area (Å²) < 4.78 is 61.3. The molecule has 0 aliphatic carbocycles. The average Bonchev–Trinajstić information content (AvgIpc) is 0.902. The molecule has 0 radical (unpaired) electrons. The molecular weight excluding hydrogens is 1460 g/mol. The van der Waals surface area contributed by atoms with Gasteiger partial charge in [-0.05, 0) is 109 Å². The van der Waals surface area contributed by atoms with Crippen LogP contribution in [-0.4, -0.2) is 95.9 Å². The van der Waals surface area contributed by atoms with Gasteiger partial charge in [0, 0.05) is 19.3 Å². The van der Waals surface area contributed by atoms with Gasteiger partial charge in [-0.1, -0.05) is 399 Å². The Morgan fingerprint density at radius 3 is 0.743 bits per heavy atom.